The summed E-state index contributed by atoms with van der Waals surface area (Å²) in [4.78, 5) is 0.307. The minimum atomic E-state index is -3.65. The van der Waals surface area contributed by atoms with Gasteiger partial charge in [-0.25, -0.2) is 8.42 Å². The van der Waals surface area contributed by atoms with Gasteiger partial charge in [-0.3, -0.25) is 4.31 Å². The number of para-hydroxylation sites is 1. The van der Waals surface area contributed by atoms with E-state index in [-0.39, 0.29) is 5.41 Å². The zero-order valence-corrected chi connectivity index (χ0v) is 16.2. The van der Waals surface area contributed by atoms with Crippen LogP contribution in [0.5, 0.6) is 0 Å². The number of hydrogen-bond acceptors (Lipinski definition) is 4. The highest BCUT2D eigenvalue weighted by atomic mass is 32.2. The van der Waals surface area contributed by atoms with Crippen molar-refractivity contribution in [1.29, 1.82) is 0 Å². The average Bonchev–Trinajstić information content (AvgIpc) is 2.96. The molecule has 0 amide bonds. The molecule has 2 aliphatic rings. The molecule has 1 aliphatic heterocycles. The Morgan fingerprint density at radius 3 is 2.56 bits per heavy atom. The molecule has 0 radical (unpaired) electrons. The Hall–Kier alpha value is -2.34. The molecule has 1 saturated carbocycles. The van der Waals surface area contributed by atoms with Gasteiger partial charge in [0.25, 0.3) is 10.0 Å². The molecule has 2 aromatic rings. The van der Waals surface area contributed by atoms with Gasteiger partial charge in [-0.05, 0) is 62.8 Å². The van der Waals surface area contributed by atoms with Crippen molar-refractivity contribution in [3.63, 3.8) is 0 Å². The third-order valence-electron chi connectivity index (χ3n) is 5.99. The van der Waals surface area contributed by atoms with E-state index in [0.717, 1.165) is 41.8 Å². The smallest absolute Gasteiger partial charge is 0.264 e. The molecule has 1 unspecified atom stereocenters. The molecule has 0 bridgehead atoms. The number of oxime groups is 1. The number of hydrogen-bond donors (Lipinski definition) is 1. The topological polar surface area (TPSA) is 70.0 Å². The largest absolute Gasteiger partial charge is 0.411 e. The van der Waals surface area contributed by atoms with E-state index in [1.807, 2.05) is 43.3 Å². The fraction of sp³-hybridized carbons (Fsp3) is 0.381. The van der Waals surface area contributed by atoms with Crippen LogP contribution in [0.1, 0.15) is 36.8 Å². The molecule has 5 nitrogen and oxygen atoms in total. The molecule has 142 valence electrons. The van der Waals surface area contributed by atoms with Gasteiger partial charge in [-0.15, -0.1) is 0 Å². The molecule has 1 heterocycles. The number of aryl methyl sites for hydroxylation is 1. The van der Waals surface area contributed by atoms with Crippen LogP contribution in [-0.4, -0.2) is 25.9 Å². The molecule has 0 aromatic heterocycles. The zero-order chi connectivity index (χ0) is 19.1. The maximum atomic E-state index is 13.4. The molecular formula is C21H24N2O3S. The van der Waals surface area contributed by atoms with Crippen LogP contribution in [0.2, 0.25) is 0 Å². The summed E-state index contributed by atoms with van der Waals surface area (Å²) in [5, 5.41) is 13.1. The number of rotatable bonds is 2. The maximum Gasteiger partial charge on any atom is 0.264 e. The Labute approximate surface area is 160 Å². The van der Waals surface area contributed by atoms with Gasteiger partial charge in [0.15, 0.2) is 0 Å². The van der Waals surface area contributed by atoms with E-state index in [2.05, 4.69) is 5.16 Å². The lowest BCUT2D eigenvalue weighted by Crippen LogP contribution is -2.35. The predicted molar refractivity (Wildman–Crippen MR) is 106 cm³/mol. The van der Waals surface area contributed by atoms with Gasteiger partial charge in [0.1, 0.15) is 0 Å². The van der Waals surface area contributed by atoms with Crippen molar-refractivity contribution >= 4 is 21.4 Å². The molecule has 0 saturated heterocycles. The number of fused-ring (bicyclic) bond motifs is 1. The molecule has 27 heavy (non-hydrogen) atoms. The van der Waals surface area contributed by atoms with E-state index in [4.69, 9.17) is 0 Å². The monoisotopic (exact) mass is 384 g/mol. The lowest BCUT2D eigenvalue weighted by Gasteiger charge is -2.28. The van der Waals surface area contributed by atoms with Crippen LogP contribution in [0.15, 0.2) is 58.6 Å². The van der Waals surface area contributed by atoms with Crippen molar-refractivity contribution in [3.8, 4) is 0 Å². The van der Waals surface area contributed by atoms with Crippen LogP contribution in [0.25, 0.3) is 0 Å². The summed E-state index contributed by atoms with van der Waals surface area (Å²) >= 11 is 0. The number of nitrogens with zero attached hydrogens (tertiary/aromatic N) is 2. The fourth-order valence-electron chi connectivity index (χ4n) is 4.50. The summed E-state index contributed by atoms with van der Waals surface area (Å²) in [6, 6.07) is 14.7. The number of benzene rings is 2. The van der Waals surface area contributed by atoms with E-state index >= 15 is 0 Å². The van der Waals surface area contributed by atoms with Crippen molar-refractivity contribution in [2.24, 2.45) is 10.6 Å². The molecule has 1 aliphatic carbocycles. The minimum Gasteiger partial charge on any atom is -0.411 e. The van der Waals surface area contributed by atoms with Crippen LogP contribution >= 0.6 is 0 Å². The lowest BCUT2D eigenvalue weighted by molar-refractivity contribution is 0.301. The summed E-state index contributed by atoms with van der Waals surface area (Å²) in [5.41, 5.74) is 3.32. The Morgan fingerprint density at radius 2 is 1.81 bits per heavy atom. The maximum absolute atomic E-state index is 13.4. The van der Waals surface area contributed by atoms with Crippen molar-refractivity contribution < 1.29 is 13.6 Å². The minimum absolute atomic E-state index is 0.248. The fourth-order valence-corrected chi connectivity index (χ4v) is 6.00. The van der Waals surface area contributed by atoms with Crippen LogP contribution < -0.4 is 4.31 Å². The first-order valence-corrected chi connectivity index (χ1v) is 10.8. The van der Waals surface area contributed by atoms with Crippen LogP contribution in [0.3, 0.4) is 0 Å². The van der Waals surface area contributed by atoms with Crippen LogP contribution in [0, 0.1) is 12.3 Å². The second-order valence-corrected chi connectivity index (χ2v) is 9.49. The summed E-state index contributed by atoms with van der Waals surface area (Å²) in [5.74, 6) is 0. The first kappa shape index (κ1) is 18.0. The standard InChI is InChI=1S/C21H24N2O3S/c1-16-8-10-18(11-9-16)27(25,26)23-14-13-21(12-4-7-20(21)22-24)15-17-5-2-3-6-19(17)23/h2-3,5-6,8-11,24H,4,7,12-15H2,1H3. The van der Waals surface area contributed by atoms with Crippen molar-refractivity contribution in [1.82, 2.24) is 0 Å². The molecular weight excluding hydrogens is 360 g/mol. The molecule has 1 spiro atoms. The third-order valence-corrected chi connectivity index (χ3v) is 7.82. The lowest BCUT2D eigenvalue weighted by atomic mass is 9.76. The number of anilines is 1. The Morgan fingerprint density at radius 1 is 1.07 bits per heavy atom. The van der Waals surface area contributed by atoms with Gasteiger partial charge in [0.05, 0.1) is 16.3 Å². The first-order valence-electron chi connectivity index (χ1n) is 9.35. The molecule has 4 rings (SSSR count). The molecule has 1 fully saturated rings. The van der Waals surface area contributed by atoms with Gasteiger partial charge >= 0.3 is 0 Å². The van der Waals surface area contributed by atoms with Crippen molar-refractivity contribution in [3.05, 3.63) is 59.7 Å². The van der Waals surface area contributed by atoms with Crippen LogP contribution in [-0.2, 0) is 16.4 Å². The SMILES string of the molecule is Cc1ccc(S(=O)(=O)N2CCC3(CCCC3=NO)Cc3ccccc32)cc1. The van der Waals surface area contributed by atoms with Crippen molar-refractivity contribution in [2.75, 3.05) is 10.8 Å². The first-order chi connectivity index (χ1) is 13.0. The zero-order valence-electron chi connectivity index (χ0n) is 15.4. The van der Waals surface area contributed by atoms with E-state index in [0.29, 0.717) is 24.3 Å². The van der Waals surface area contributed by atoms with Gasteiger partial charge in [0, 0.05) is 12.0 Å². The van der Waals surface area contributed by atoms with E-state index in [1.165, 1.54) is 4.31 Å². The average molecular weight is 385 g/mol. The third kappa shape index (κ3) is 3.02. The van der Waals surface area contributed by atoms with Gasteiger partial charge in [-0.1, -0.05) is 41.1 Å². The Kier molecular flexibility index (Phi) is 4.46. The highest BCUT2D eigenvalue weighted by Crippen LogP contribution is 2.46. The van der Waals surface area contributed by atoms with E-state index in [1.54, 1.807) is 12.1 Å². The molecule has 6 heteroatoms. The molecule has 1 atom stereocenters. The summed E-state index contributed by atoms with van der Waals surface area (Å²) in [6.07, 6.45) is 4.06. The highest BCUT2D eigenvalue weighted by Gasteiger charge is 2.44. The van der Waals surface area contributed by atoms with Gasteiger partial charge in [-0.2, -0.15) is 0 Å². The van der Waals surface area contributed by atoms with Gasteiger partial charge < -0.3 is 5.21 Å². The second kappa shape index (κ2) is 6.68. The van der Waals surface area contributed by atoms with Crippen molar-refractivity contribution in [2.45, 2.75) is 43.9 Å². The quantitative estimate of drug-likeness (QED) is 0.625. The molecule has 1 N–H and O–H groups in total. The summed E-state index contributed by atoms with van der Waals surface area (Å²) in [6.45, 7) is 2.32. The van der Waals surface area contributed by atoms with E-state index in [9.17, 15) is 13.6 Å². The Balaban J connectivity index is 1.80. The Bertz CT molecular complexity index is 983. The summed E-state index contributed by atoms with van der Waals surface area (Å²) in [7, 11) is -3.65. The number of sulfonamides is 1. The second-order valence-electron chi connectivity index (χ2n) is 7.63. The van der Waals surface area contributed by atoms with Crippen LogP contribution in [0.4, 0.5) is 5.69 Å². The molecule has 2 aromatic carbocycles. The summed E-state index contributed by atoms with van der Waals surface area (Å²) < 4.78 is 28.4. The van der Waals surface area contributed by atoms with E-state index < -0.39 is 10.0 Å². The normalized spacial score (nSPS) is 24.2. The predicted octanol–water partition coefficient (Wildman–Crippen LogP) is 4.14. The highest BCUT2D eigenvalue weighted by molar-refractivity contribution is 7.92. The van der Waals surface area contributed by atoms with Gasteiger partial charge in [0.2, 0.25) is 0 Å².